The van der Waals surface area contributed by atoms with E-state index in [0.29, 0.717) is 6.04 Å². The lowest BCUT2D eigenvalue weighted by Gasteiger charge is -2.36. The van der Waals surface area contributed by atoms with Crippen molar-refractivity contribution in [1.82, 2.24) is 24.9 Å². The average molecular weight is 303 g/mol. The number of aryl methyl sites for hydroxylation is 2. The van der Waals surface area contributed by atoms with Crippen molar-refractivity contribution in [3.63, 3.8) is 0 Å². The van der Waals surface area contributed by atoms with Gasteiger partial charge in [0.15, 0.2) is 0 Å². The van der Waals surface area contributed by atoms with Crippen LogP contribution in [0.1, 0.15) is 48.6 Å². The topological polar surface area (TPSA) is 59.0 Å². The van der Waals surface area contributed by atoms with E-state index in [1.165, 1.54) is 11.3 Å². The number of ether oxygens (including phenoxy) is 1. The van der Waals surface area contributed by atoms with Crippen LogP contribution in [0, 0.1) is 13.8 Å². The van der Waals surface area contributed by atoms with Gasteiger partial charge in [0.1, 0.15) is 0 Å². The SMILES string of the molecule is Cc1n[nH]c(C)c1C1COCCN1Cc1ccnn1C(C)C. The highest BCUT2D eigenvalue weighted by Gasteiger charge is 2.29. The zero-order chi connectivity index (χ0) is 15.7. The molecule has 0 radical (unpaired) electrons. The Morgan fingerprint density at radius 1 is 1.41 bits per heavy atom. The first-order chi connectivity index (χ1) is 10.6. The van der Waals surface area contributed by atoms with Gasteiger partial charge in [0.25, 0.3) is 0 Å². The quantitative estimate of drug-likeness (QED) is 0.942. The van der Waals surface area contributed by atoms with Gasteiger partial charge >= 0.3 is 0 Å². The number of rotatable bonds is 4. The lowest BCUT2D eigenvalue weighted by atomic mass is 10.0. The van der Waals surface area contributed by atoms with Crippen molar-refractivity contribution in [2.75, 3.05) is 19.8 Å². The molecule has 1 fully saturated rings. The fraction of sp³-hybridized carbons (Fsp3) is 0.625. The number of hydrogen-bond donors (Lipinski definition) is 1. The maximum absolute atomic E-state index is 5.74. The number of nitrogens with one attached hydrogen (secondary N) is 1. The van der Waals surface area contributed by atoms with E-state index in [2.05, 4.69) is 58.6 Å². The molecule has 1 N–H and O–H groups in total. The summed E-state index contributed by atoms with van der Waals surface area (Å²) in [6.45, 7) is 11.8. The molecule has 3 heterocycles. The summed E-state index contributed by atoms with van der Waals surface area (Å²) in [5.41, 5.74) is 4.72. The monoisotopic (exact) mass is 303 g/mol. The lowest BCUT2D eigenvalue weighted by Crippen LogP contribution is -2.40. The Bertz CT molecular complexity index is 611. The van der Waals surface area contributed by atoms with Crippen LogP contribution in [0.25, 0.3) is 0 Å². The second-order valence-electron chi connectivity index (χ2n) is 6.27. The molecule has 0 bridgehead atoms. The Labute approximate surface area is 131 Å². The van der Waals surface area contributed by atoms with Gasteiger partial charge in [-0.15, -0.1) is 0 Å². The number of H-pyrrole nitrogens is 1. The Balaban J connectivity index is 1.86. The van der Waals surface area contributed by atoms with E-state index in [1.807, 2.05) is 6.20 Å². The van der Waals surface area contributed by atoms with Crippen molar-refractivity contribution in [3.05, 3.63) is 34.9 Å². The van der Waals surface area contributed by atoms with Gasteiger partial charge < -0.3 is 4.74 Å². The van der Waals surface area contributed by atoms with Gasteiger partial charge in [0.05, 0.1) is 30.6 Å². The van der Waals surface area contributed by atoms with Crippen molar-refractivity contribution in [2.24, 2.45) is 0 Å². The third-order valence-corrected chi connectivity index (χ3v) is 4.36. The summed E-state index contributed by atoms with van der Waals surface area (Å²) in [5.74, 6) is 0. The van der Waals surface area contributed by atoms with Crippen LogP contribution >= 0.6 is 0 Å². The minimum absolute atomic E-state index is 0.253. The normalized spacial score (nSPS) is 20.0. The Morgan fingerprint density at radius 2 is 2.23 bits per heavy atom. The van der Waals surface area contributed by atoms with Gasteiger partial charge in [-0.3, -0.25) is 14.7 Å². The molecule has 1 atom stereocenters. The highest BCUT2D eigenvalue weighted by atomic mass is 16.5. The molecule has 1 saturated heterocycles. The molecule has 120 valence electrons. The van der Waals surface area contributed by atoms with Gasteiger partial charge in [-0.05, 0) is 33.8 Å². The summed E-state index contributed by atoms with van der Waals surface area (Å²) in [6.07, 6.45) is 1.89. The molecular weight excluding hydrogens is 278 g/mol. The number of aromatic amines is 1. The average Bonchev–Trinajstić information content (AvgIpc) is 3.07. The van der Waals surface area contributed by atoms with Crippen LogP contribution in [0.2, 0.25) is 0 Å². The molecule has 2 aromatic rings. The first-order valence-corrected chi connectivity index (χ1v) is 7.93. The number of aromatic nitrogens is 4. The Kier molecular flexibility index (Phi) is 4.31. The molecule has 1 aliphatic heterocycles. The second kappa shape index (κ2) is 6.22. The summed E-state index contributed by atoms with van der Waals surface area (Å²) in [5, 5.41) is 11.9. The van der Waals surface area contributed by atoms with E-state index in [4.69, 9.17) is 4.74 Å². The number of nitrogens with zero attached hydrogens (tertiary/aromatic N) is 4. The smallest absolute Gasteiger partial charge is 0.0665 e. The standard InChI is InChI=1S/C16H25N5O/c1-11(2)21-14(5-6-17-21)9-20-7-8-22-10-15(20)16-12(3)18-19-13(16)4/h5-6,11,15H,7-10H2,1-4H3,(H,18,19). The van der Waals surface area contributed by atoms with Gasteiger partial charge in [0, 0.05) is 36.6 Å². The maximum Gasteiger partial charge on any atom is 0.0665 e. The summed E-state index contributed by atoms with van der Waals surface area (Å²) in [7, 11) is 0. The number of morpholine rings is 1. The fourth-order valence-electron chi connectivity index (χ4n) is 3.28. The lowest BCUT2D eigenvalue weighted by molar-refractivity contribution is -0.0143. The van der Waals surface area contributed by atoms with Crippen molar-refractivity contribution in [2.45, 2.75) is 46.3 Å². The van der Waals surface area contributed by atoms with Crippen LogP contribution in [0.5, 0.6) is 0 Å². The minimum Gasteiger partial charge on any atom is -0.378 e. The molecule has 6 heteroatoms. The van der Waals surface area contributed by atoms with Crippen LogP contribution in [0.15, 0.2) is 12.3 Å². The van der Waals surface area contributed by atoms with Gasteiger partial charge in [0.2, 0.25) is 0 Å². The zero-order valence-corrected chi connectivity index (χ0v) is 13.8. The predicted octanol–water partition coefficient (Wildman–Crippen LogP) is 2.38. The van der Waals surface area contributed by atoms with Crippen LogP contribution in [0.4, 0.5) is 0 Å². The molecule has 3 rings (SSSR count). The summed E-state index contributed by atoms with van der Waals surface area (Å²) in [4.78, 5) is 2.48. The summed E-state index contributed by atoms with van der Waals surface area (Å²) < 4.78 is 7.84. The first kappa shape index (κ1) is 15.2. The zero-order valence-electron chi connectivity index (χ0n) is 13.8. The third kappa shape index (κ3) is 2.80. The molecule has 0 saturated carbocycles. The van der Waals surface area contributed by atoms with Crippen LogP contribution in [-0.2, 0) is 11.3 Å². The van der Waals surface area contributed by atoms with Crippen molar-refractivity contribution < 1.29 is 4.74 Å². The molecule has 0 spiro atoms. The largest absolute Gasteiger partial charge is 0.378 e. The maximum atomic E-state index is 5.74. The van der Waals surface area contributed by atoms with E-state index < -0.39 is 0 Å². The van der Waals surface area contributed by atoms with E-state index in [-0.39, 0.29) is 6.04 Å². The van der Waals surface area contributed by atoms with Crippen molar-refractivity contribution in [3.8, 4) is 0 Å². The predicted molar refractivity (Wildman–Crippen MR) is 84.6 cm³/mol. The molecule has 1 aliphatic rings. The molecule has 1 unspecified atom stereocenters. The third-order valence-electron chi connectivity index (χ3n) is 4.36. The van der Waals surface area contributed by atoms with Crippen LogP contribution in [-0.4, -0.2) is 44.6 Å². The summed E-state index contributed by atoms with van der Waals surface area (Å²) in [6, 6.07) is 2.74. The van der Waals surface area contributed by atoms with E-state index in [1.54, 1.807) is 0 Å². The van der Waals surface area contributed by atoms with Crippen LogP contribution in [0.3, 0.4) is 0 Å². The van der Waals surface area contributed by atoms with Crippen molar-refractivity contribution in [1.29, 1.82) is 0 Å². The molecule has 0 amide bonds. The molecule has 0 aromatic carbocycles. The molecule has 2 aromatic heterocycles. The highest BCUT2D eigenvalue weighted by molar-refractivity contribution is 5.28. The Morgan fingerprint density at radius 3 is 2.91 bits per heavy atom. The Hall–Kier alpha value is -1.66. The van der Waals surface area contributed by atoms with E-state index >= 15 is 0 Å². The van der Waals surface area contributed by atoms with Gasteiger partial charge in [-0.25, -0.2) is 0 Å². The molecule has 0 aliphatic carbocycles. The van der Waals surface area contributed by atoms with Gasteiger partial charge in [-0.2, -0.15) is 10.2 Å². The first-order valence-electron chi connectivity index (χ1n) is 7.93. The fourth-order valence-corrected chi connectivity index (χ4v) is 3.28. The minimum atomic E-state index is 0.253. The van der Waals surface area contributed by atoms with E-state index in [9.17, 15) is 0 Å². The van der Waals surface area contributed by atoms with Crippen LogP contribution < -0.4 is 0 Å². The molecule has 6 nitrogen and oxygen atoms in total. The highest BCUT2D eigenvalue weighted by Crippen LogP contribution is 2.29. The van der Waals surface area contributed by atoms with Gasteiger partial charge in [-0.1, -0.05) is 0 Å². The van der Waals surface area contributed by atoms with E-state index in [0.717, 1.165) is 37.7 Å². The summed E-state index contributed by atoms with van der Waals surface area (Å²) >= 11 is 0. The molecular formula is C16H25N5O. The molecule has 22 heavy (non-hydrogen) atoms. The second-order valence-corrected chi connectivity index (χ2v) is 6.27. The van der Waals surface area contributed by atoms with Crippen molar-refractivity contribution >= 4 is 0 Å². The number of hydrogen-bond acceptors (Lipinski definition) is 4.